The Morgan fingerprint density at radius 1 is 1.47 bits per heavy atom. The molecule has 0 saturated heterocycles. The van der Waals surface area contributed by atoms with E-state index in [1.807, 2.05) is 36.4 Å². The summed E-state index contributed by atoms with van der Waals surface area (Å²) in [5, 5.41) is 8.62. The standard InChI is InChI=1S/C12H14N2O/c1-10(8-13)12(15)14(2)9-11-6-4-3-5-7-11/h3-7,10H,9H2,1-2H3. The van der Waals surface area contributed by atoms with Crippen LogP contribution in [0.15, 0.2) is 30.3 Å². The van der Waals surface area contributed by atoms with Crippen molar-refractivity contribution in [2.75, 3.05) is 7.05 Å². The van der Waals surface area contributed by atoms with E-state index in [0.717, 1.165) is 5.56 Å². The minimum absolute atomic E-state index is 0.138. The van der Waals surface area contributed by atoms with E-state index in [1.54, 1.807) is 18.9 Å². The summed E-state index contributed by atoms with van der Waals surface area (Å²) in [6.07, 6.45) is 0. The maximum absolute atomic E-state index is 11.6. The summed E-state index contributed by atoms with van der Waals surface area (Å²) in [6.45, 7) is 2.16. The first-order valence-electron chi connectivity index (χ1n) is 4.83. The van der Waals surface area contributed by atoms with Crippen LogP contribution in [0.4, 0.5) is 0 Å². The van der Waals surface area contributed by atoms with Gasteiger partial charge in [-0.25, -0.2) is 0 Å². The molecule has 1 unspecified atom stereocenters. The highest BCUT2D eigenvalue weighted by atomic mass is 16.2. The molecule has 0 heterocycles. The lowest BCUT2D eigenvalue weighted by atomic mass is 10.1. The van der Waals surface area contributed by atoms with Gasteiger partial charge >= 0.3 is 0 Å². The summed E-state index contributed by atoms with van der Waals surface area (Å²) in [7, 11) is 1.71. The van der Waals surface area contributed by atoms with E-state index in [-0.39, 0.29) is 5.91 Å². The molecular formula is C12H14N2O. The van der Waals surface area contributed by atoms with Crippen LogP contribution in [0, 0.1) is 17.2 Å². The minimum atomic E-state index is -0.571. The summed E-state index contributed by atoms with van der Waals surface area (Å²) in [6, 6.07) is 11.7. The topological polar surface area (TPSA) is 44.1 Å². The first-order valence-corrected chi connectivity index (χ1v) is 4.83. The molecular weight excluding hydrogens is 188 g/mol. The molecule has 1 rings (SSSR count). The summed E-state index contributed by atoms with van der Waals surface area (Å²) < 4.78 is 0. The van der Waals surface area contributed by atoms with Crippen molar-refractivity contribution in [3.8, 4) is 6.07 Å². The molecule has 0 aliphatic rings. The second kappa shape index (κ2) is 5.16. The van der Waals surface area contributed by atoms with E-state index < -0.39 is 5.92 Å². The molecule has 0 bridgehead atoms. The van der Waals surface area contributed by atoms with Crippen molar-refractivity contribution in [3.63, 3.8) is 0 Å². The van der Waals surface area contributed by atoms with Gasteiger partial charge in [0.25, 0.3) is 0 Å². The maximum Gasteiger partial charge on any atom is 0.239 e. The molecule has 0 aliphatic carbocycles. The van der Waals surface area contributed by atoms with Gasteiger partial charge in [0.15, 0.2) is 0 Å². The Hall–Kier alpha value is -1.82. The Balaban J connectivity index is 2.61. The van der Waals surface area contributed by atoms with Gasteiger partial charge in [-0.05, 0) is 12.5 Å². The van der Waals surface area contributed by atoms with Crippen LogP contribution in [-0.4, -0.2) is 17.9 Å². The summed E-state index contributed by atoms with van der Waals surface area (Å²) in [5.41, 5.74) is 1.07. The Kier molecular flexibility index (Phi) is 3.87. The van der Waals surface area contributed by atoms with E-state index >= 15 is 0 Å². The number of hydrogen-bond acceptors (Lipinski definition) is 2. The fourth-order valence-corrected chi connectivity index (χ4v) is 1.32. The van der Waals surface area contributed by atoms with Gasteiger partial charge in [0.2, 0.25) is 5.91 Å². The second-order valence-corrected chi connectivity index (χ2v) is 3.53. The third kappa shape index (κ3) is 3.10. The SMILES string of the molecule is CC(C#N)C(=O)N(C)Cc1ccccc1. The molecule has 3 heteroatoms. The van der Waals surface area contributed by atoms with Gasteiger partial charge in [0.05, 0.1) is 6.07 Å². The normalized spacial score (nSPS) is 11.5. The van der Waals surface area contributed by atoms with Crippen LogP contribution in [-0.2, 0) is 11.3 Å². The fourth-order valence-electron chi connectivity index (χ4n) is 1.32. The number of benzene rings is 1. The smallest absolute Gasteiger partial charge is 0.239 e. The lowest BCUT2D eigenvalue weighted by molar-refractivity contribution is -0.132. The van der Waals surface area contributed by atoms with Crippen LogP contribution < -0.4 is 0 Å². The predicted molar refractivity (Wildman–Crippen MR) is 57.7 cm³/mol. The van der Waals surface area contributed by atoms with Gasteiger partial charge in [-0.2, -0.15) is 5.26 Å². The van der Waals surface area contributed by atoms with E-state index in [2.05, 4.69) is 0 Å². The van der Waals surface area contributed by atoms with Crippen LogP contribution >= 0.6 is 0 Å². The van der Waals surface area contributed by atoms with Gasteiger partial charge < -0.3 is 4.90 Å². The zero-order valence-electron chi connectivity index (χ0n) is 8.97. The van der Waals surface area contributed by atoms with Crippen molar-refractivity contribution in [2.24, 2.45) is 5.92 Å². The highest BCUT2D eigenvalue weighted by molar-refractivity contribution is 5.80. The van der Waals surface area contributed by atoms with E-state index in [0.29, 0.717) is 6.54 Å². The fraction of sp³-hybridized carbons (Fsp3) is 0.333. The zero-order valence-corrected chi connectivity index (χ0v) is 8.97. The summed E-state index contributed by atoms with van der Waals surface area (Å²) in [5.74, 6) is -0.708. The van der Waals surface area contributed by atoms with Crippen molar-refractivity contribution in [1.82, 2.24) is 4.90 Å². The van der Waals surface area contributed by atoms with E-state index in [4.69, 9.17) is 5.26 Å². The van der Waals surface area contributed by atoms with Gasteiger partial charge in [-0.1, -0.05) is 30.3 Å². The molecule has 0 fully saturated rings. The van der Waals surface area contributed by atoms with Gasteiger partial charge in [-0.3, -0.25) is 4.79 Å². The summed E-state index contributed by atoms with van der Waals surface area (Å²) in [4.78, 5) is 13.2. The van der Waals surface area contributed by atoms with Crippen LogP contribution in [0.5, 0.6) is 0 Å². The molecule has 1 atom stereocenters. The number of carbonyl (C=O) groups excluding carboxylic acids is 1. The van der Waals surface area contributed by atoms with Gasteiger partial charge in [-0.15, -0.1) is 0 Å². The summed E-state index contributed by atoms with van der Waals surface area (Å²) >= 11 is 0. The second-order valence-electron chi connectivity index (χ2n) is 3.53. The quantitative estimate of drug-likeness (QED) is 0.750. The van der Waals surface area contributed by atoms with Crippen LogP contribution in [0.2, 0.25) is 0 Å². The molecule has 1 aromatic rings. The minimum Gasteiger partial charge on any atom is -0.340 e. The van der Waals surface area contributed by atoms with Gasteiger partial charge in [0, 0.05) is 13.6 Å². The maximum atomic E-state index is 11.6. The molecule has 1 aromatic carbocycles. The molecule has 0 aliphatic heterocycles. The van der Waals surface area contributed by atoms with Crippen LogP contribution in [0.3, 0.4) is 0 Å². The molecule has 0 aromatic heterocycles. The Bertz CT molecular complexity index is 367. The number of rotatable bonds is 3. The van der Waals surface area contributed by atoms with E-state index in [9.17, 15) is 4.79 Å². The Morgan fingerprint density at radius 3 is 2.60 bits per heavy atom. The molecule has 15 heavy (non-hydrogen) atoms. The molecule has 78 valence electrons. The third-order valence-electron chi connectivity index (χ3n) is 2.20. The van der Waals surface area contributed by atoms with Crippen LogP contribution in [0.1, 0.15) is 12.5 Å². The predicted octanol–water partition coefficient (Wildman–Crippen LogP) is 1.80. The number of amides is 1. The number of hydrogen-bond donors (Lipinski definition) is 0. The number of nitriles is 1. The molecule has 0 radical (unpaired) electrons. The highest BCUT2D eigenvalue weighted by Gasteiger charge is 2.16. The average Bonchev–Trinajstić information content (AvgIpc) is 2.28. The molecule has 0 spiro atoms. The first-order chi connectivity index (χ1) is 7.15. The Labute approximate surface area is 89.9 Å². The van der Waals surface area contributed by atoms with Crippen molar-refractivity contribution in [3.05, 3.63) is 35.9 Å². The van der Waals surface area contributed by atoms with Crippen molar-refractivity contribution in [1.29, 1.82) is 5.26 Å². The molecule has 1 amide bonds. The average molecular weight is 202 g/mol. The number of nitrogens with zero attached hydrogens (tertiary/aromatic N) is 2. The number of carbonyl (C=O) groups is 1. The van der Waals surface area contributed by atoms with Crippen molar-refractivity contribution in [2.45, 2.75) is 13.5 Å². The van der Waals surface area contributed by atoms with Crippen LogP contribution in [0.25, 0.3) is 0 Å². The van der Waals surface area contributed by atoms with Gasteiger partial charge in [0.1, 0.15) is 5.92 Å². The largest absolute Gasteiger partial charge is 0.340 e. The zero-order chi connectivity index (χ0) is 11.3. The lowest BCUT2D eigenvalue weighted by Gasteiger charge is -2.18. The highest BCUT2D eigenvalue weighted by Crippen LogP contribution is 2.06. The molecule has 3 nitrogen and oxygen atoms in total. The first kappa shape index (κ1) is 11.3. The molecule has 0 N–H and O–H groups in total. The van der Waals surface area contributed by atoms with E-state index in [1.165, 1.54) is 0 Å². The Morgan fingerprint density at radius 2 is 2.07 bits per heavy atom. The molecule has 0 saturated carbocycles. The third-order valence-corrected chi connectivity index (χ3v) is 2.20. The van der Waals surface area contributed by atoms with Crippen molar-refractivity contribution >= 4 is 5.91 Å². The van der Waals surface area contributed by atoms with Crippen molar-refractivity contribution < 1.29 is 4.79 Å². The lowest BCUT2D eigenvalue weighted by Crippen LogP contribution is -2.30. The monoisotopic (exact) mass is 202 g/mol.